The number of carbonyl (C=O) groups excluding carboxylic acids is 1. The number of rotatable bonds is 2. The van der Waals surface area contributed by atoms with Crippen LogP contribution in [0.15, 0.2) is 28.7 Å². The molecule has 1 aliphatic rings. The third-order valence-corrected chi connectivity index (χ3v) is 3.88. The van der Waals surface area contributed by atoms with Gasteiger partial charge in [-0.15, -0.1) is 0 Å². The highest BCUT2D eigenvalue weighted by Crippen LogP contribution is 2.28. The van der Waals surface area contributed by atoms with Crippen molar-refractivity contribution >= 4 is 27.5 Å². The monoisotopic (exact) mass is 321 g/mol. The largest absolute Gasteiger partial charge is 0.310 e. The summed E-state index contributed by atoms with van der Waals surface area (Å²) in [7, 11) is 0. The lowest BCUT2D eigenvalue weighted by atomic mass is 10.1. The lowest BCUT2D eigenvalue weighted by Crippen LogP contribution is -2.43. The Morgan fingerprint density at radius 3 is 2.95 bits per heavy atom. The van der Waals surface area contributed by atoms with Gasteiger partial charge in [0.2, 0.25) is 5.91 Å². The van der Waals surface area contributed by atoms with Crippen LogP contribution >= 0.6 is 15.9 Å². The molecule has 1 aliphatic heterocycles. The van der Waals surface area contributed by atoms with E-state index in [1.54, 1.807) is 4.90 Å². The lowest BCUT2D eigenvalue weighted by molar-refractivity contribution is -0.120. The lowest BCUT2D eigenvalue weighted by Gasteiger charge is -2.25. The minimum atomic E-state index is -0.415. The SMILES string of the molecule is CC1CNC(CC#N)C(=O)N(c2ccccc2Br)C1. The first-order chi connectivity index (χ1) is 9.13. The molecule has 1 aromatic rings. The van der Waals surface area contributed by atoms with Crippen molar-refractivity contribution in [3.05, 3.63) is 28.7 Å². The zero-order valence-corrected chi connectivity index (χ0v) is 12.4. The van der Waals surface area contributed by atoms with Gasteiger partial charge in [0, 0.05) is 17.6 Å². The van der Waals surface area contributed by atoms with Gasteiger partial charge in [0.05, 0.1) is 18.2 Å². The molecule has 0 saturated carbocycles. The van der Waals surface area contributed by atoms with E-state index in [-0.39, 0.29) is 12.3 Å². The fourth-order valence-corrected chi connectivity index (χ4v) is 2.72. The molecule has 1 heterocycles. The Kier molecular flexibility index (Phi) is 4.56. The summed E-state index contributed by atoms with van der Waals surface area (Å²) in [5, 5.41) is 12.0. The molecule has 1 fully saturated rings. The maximum absolute atomic E-state index is 12.5. The van der Waals surface area contributed by atoms with Crippen LogP contribution in [0.5, 0.6) is 0 Å². The van der Waals surface area contributed by atoms with Gasteiger partial charge in [-0.05, 0) is 34.0 Å². The summed E-state index contributed by atoms with van der Waals surface area (Å²) in [5.41, 5.74) is 0.867. The topological polar surface area (TPSA) is 56.1 Å². The number of carbonyl (C=O) groups is 1. The summed E-state index contributed by atoms with van der Waals surface area (Å²) in [6.45, 7) is 3.51. The summed E-state index contributed by atoms with van der Waals surface area (Å²) in [6, 6.07) is 9.34. The van der Waals surface area contributed by atoms with E-state index in [0.717, 1.165) is 16.7 Å². The second-order valence-electron chi connectivity index (χ2n) is 4.83. The number of nitriles is 1. The first-order valence-corrected chi connectivity index (χ1v) is 7.09. The average Bonchev–Trinajstić information content (AvgIpc) is 2.53. The Hall–Kier alpha value is -1.38. The van der Waals surface area contributed by atoms with Crippen LogP contribution in [0.25, 0.3) is 0 Å². The predicted octanol–water partition coefficient (Wildman–Crippen LogP) is 2.30. The van der Waals surface area contributed by atoms with Gasteiger partial charge in [0.25, 0.3) is 0 Å². The van der Waals surface area contributed by atoms with Crippen LogP contribution < -0.4 is 10.2 Å². The van der Waals surface area contributed by atoms with Crippen molar-refractivity contribution in [3.63, 3.8) is 0 Å². The highest BCUT2D eigenvalue weighted by molar-refractivity contribution is 9.10. The van der Waals surface area contributed by atoms with Crippen molar-refractivity contribution in [2.24, 2.45) is 5.92 Å². The van der Waals surface area contributed by atoms with E-state index >= 15 is 0 Å². The fraction of sp³-hybridized carbons (Fsp3) is 0.429. The van der Waals surface area contributed by atoms with E-state index in [2.05, 4.69) is 34.2 Å². The first-order valence-electron chi connectivity index (χ1n) is 6.29. The number of hydrogen-bond donors (Lipinski definition) is 1. The molecule has 4 nitrogen and oxygen atoms in total. The van der Waals surface area contributed by atoms with Crippen molar-refractivity contribution in [1.82, 2.24) is 5.32 Å². The molecule has 19 heavy (non-hydrogen) atoms. The summed E-state index contributed by atoms with van der Waals surface area (Å²) in [5.74, 6) is 0.317. The Balaban J connectivity index is 2.33. The number of amides is 1. The second-order valence-corrected chi connectivity index (χ2v) is 5.68. The van der Waals surface area contributed by atoms with E-state index in [1.165, 1.54) is 0 Å². The summed E-state index contributed by atoms with van der Waals surface area (Å²) in [6.07, 6.45) is 0.201. The number of nitrogens with zero attached hydrogens (tertiary/aromatic N) is 2. The Morgan fingerprint density at radius 1 is 1.53 bits per heavy atom. The van der Waals surface area contributed by atoms with E-state index in [4.69, 9.17) is 5.26 Å². The molecule has 1 saturated heterocycles. The molecule has 0 aliphatic carbocycles. The van der Waals surface area contributed by atoms with Crippen LogP contribution in [0.3, 0.4) is 0 Å². The zero-order valence-electron chi connectivity index (χ0n) is 10.8. The molecule has 100 valence electrons. The highest BCUT2D eigenvalue weighted by atomic mass is 79.9. The van der Waals surface area contributed by atoms with Gasteiger partial charge in [-0.1, -0.05) is 19.1 Å². The molecule has 1 amide bonds. The van der Waals surface area contributed by atoms with Crippen LogP contribution in [0.1, 0.15) is 13.3 Å². The maximum Gasteiger partial charge on any atom is 0.245 e. The standard InChI is InChI=1S/C14H16BrN3O/c1-10-8-17-12(6-7-16)14(19)18(9-10)13-5-3-2-4-11(13)15/h2-5,10,12,17H,6,8-9H2,1H3. The van der Waals surface area contributed by atoms with Gasteiger partial charge in [-0.2, -0.15) is 5.26 Å². The Bertz CT molecular complexity index is 512. The molecule has 2 atom stereocenters. The summed E-state index contributed by atoms with van der Waals surface area (Å²) in [4.78, 5) is 14.3. The van der Waals surface area contributed by atoms with Crippen LogP contribution in [0, 0.1) is 17.2 Å². The number of hydrogen-bond acceptors (Lipinski definition) is 3. The van der Waals surface area contributed by atoms with E-state index in [9.17, 15) is 4.79 Å². The van der Waals surface area contributed by atoms with Gasteiger partial charge < -0.3 is 10.2 Å². The van der Waals surface area contributed by atoms with Crippen molar-refractivity contribution in [1.29, 1.82) is 5.26 Å². The molecule has 1 N–H and O–H groups in total. The highest BCUT2D eigenvalue weighted by Gasteiger charge is 2.30. The van der Waals surface area contributed by atoms with Crippen molar-refractivity contribution in [2.75, 3.05) is 18.0 Å². The summed E-state index contributed by atoms with van der Waals surface area (Å²) < 4.78 is 0.896. The van der Waals surface area contributed by atoms with Gasteiger partial charge in [-0.25, -0.2) is 0 Å². The van der Waals surface area contributed by atoms with Crippen molar-refractivity contribution in [2.45, 2.75) is 19.4 Å². The van der Waals surface area contributed by atoms with E-state index < -0.39 is 6.04 Å². The van der Waals surface area contributed by atoms with Crippen LogP contribution in [0.2, 0.25) is 0 Å². The normalized spacial score (nSPS) is 23.8. The average molecular weight is 322 g/mol. The third kappa shape index (κ3) is 3.14. The number of para-hydroxylation sites is 1. The van der Waals surface area contributed by atoms with Crippen LogP contribution in [-0.4, -0.2) is 25.0 Å². The molecule has 0 radical (unpaired) electrons. The van der Waals surface area contributed by atoms with Crippen molar-refractivity contribution < 1.29 is 4.79 Å². The molecule has 0 bridgehead atoms. The van der Waals surface area contributed by atoms with Crippen molar-refractivity contribution in [3.8, 4) is 6.07 Å². The molecule has 0 aromatic heterocycles. The minimum absolute atomic E-state index is 0.0298. The molecular weight excluding hydrogens is 306 g/mol. The second kappa shape index (κ2) is 6.18. The smallest absolute Gasteiger partial charge is 0.245 e. The van der Waals surface area contributed by atoms with Gasteiger partial charge in [0.15, 0.2) is 0 Å². The van der Waals surface area contributed by atoms with Gasteiger partial charge in [-0.3, -0.25) is 4.79 Å². The van der Waals surface area contributed by atoms with Crippen LogP contribution in [-0.2, 0) is 4.79 Å². The summed E-state index contributed by atoms with van der Waals surface area (Å²) >= 11 is 3.48. The third-order valence-electron chi connectivity index (χ3n) is 3.21. The molecule has 0 spiro atoms. The predicted molar refractivity (Wildman–Crippen MR) is 77.7 cm³/mol. The van der Waals surface area contributed by atoms with Gasteiger partial charge in [0.1, 0.15) is 6.04 Å². The molecular formula is C14H16BrN3O. The zero-order chi connectivity index (χ0) is 13.8. The van der Waals surface area contributed by atoms with E-state index in [0.29, 0.717) is 12.5 Å². The quantitative estimate of drug-likeness (QED) is 0.909. The number of anilines is 1. The van der Waals surface area contributed by atoms with E-state index in [1.807, 2.05) is 24.3 Å². The molecule has 1 aromatic carbocycles. The number of benzene rings is 1. The Labute approximate surface area is 121 Å². The van der Waals surface area contributed by atoms with Gasteiger partial charge >= 0.3 is 0 Å². The Morgan fingerprint density at radius 2 is 2.26 bits per heavy atom. The maximum atomic E-state index is 12.5. The first kappa shape index (κ1) is 14.0. The minimum Gasteiger partial charge on any atom is -0.310 e. The van der Waals surface area contributed by atoms with Crippen LogP contribution in [0.4, 0.5) is 5.69 Å². The number of halogens is 1. The number of nitrogens with one attached hydrogen (secondary N) is 1. The molecule has 5 heteroatoms. The molecule has 2 rings (SSSR count). The fourth-order valence-electron chi connectivity index (χ4n) is 2.22. The molecule has 2 unspecified atom stereocenters.